The van der Waals surface area contributed by atoms with E-state index < -0.39 is 11.8 Å². The maximum Gasteiger partial charge on any atom is 0.303 e. The Labute approximate surface area is 296 Å². The fourth-order valence-electron chi connectivity index (χ4n) is 6.50. The van der Waals surface area contributed by atoms with Gasteiger partial charge in [-0.05, 0) is 67.5 Å². The van der Waals surface area contributed by atoms with Crippen LogP contribution in [0.25, 0.3) is 28.0 Å². The highest BCUT2D eigenvalue weighted by atomic mass is 19.1. The van der Waals surface area contributed by atoms with E-state index in [-0.39, 0.29) is 23.9 Å². The normalized spacial score (nSPS) is 13.2. The van der Waals surface area contributed by atoms with Crippen LogP contribution in [0.3, 0.4) is 0 Å². The Morgan fingerprint density at radius 1 is 1.00 bits per heavy atom. The molecule has 1 saturated heterocycles. The third kappa shape index (κ3) is 8.52. The second-order valence-electron chi connectivity index (χ2n) is 13.0. The highest BCUT2D eigenvalue weighted by Gasteiger charge is 2.26. The van der Waals surface area contributed by atoms with Gasteiger partial charge in [0.2, 0.25) is 11.9 Å². The summed E-state index contributed by atoms with van der Waals surface area (Å²) in [6, 6.07) is 22.4. The second-order valence-corrected chi connectivity index (χ2v) is 13.0. The van der Waals surface area contributed by atoms with Gasteiger partial charge in [0, 0.05) is 49.9 Å². The van der Waals surface area contributed by atoms with Gasteiger partial charge in [0.05, 0.1) is 16.8 Å². The van der Waals surface area contributed by atoms with E-state index in [4.69, 9.17) is 19.8 Å². The first-order chi connectivity index (χ1) is 24.8. The highest BCUT2D eigenvalue weighted by molar-refractivity contribution is 5.91. The van der Waals surface area contributed by atoms with Crippen molar-refractivity contribution >= 4 is 23.5 Å². The Balaban J connectivity index is 1.26. The smallest absolute Gasteiger partial charge is 0.303 e. The highest BCUT2D eigenvalue weighted by Crippen LogP contribution is 2.39. The van der Waals surface area contributed by atoms with Crippen LogP contribution in [-0.4, -0.2) is 50.5 Å². The van der Waals surface area contributed by atoms with Crippen molar-refractivity contribution in [3.05, 3.63) is 102 Å². The van der Waals surface area contributed by atoms with Gasteiger partial charge in [-0.15, -0.1) is 0 Å². The fourth-order valence-corrected chi connectivity index (χ4v) is 6.50. The molecule has 11 heteroatoms. The average molecular weight is 689 g/mol. The van der Waals surface area contributed by atoms with Gasteiger partial charge in [0.25, 0.3) is 0 Å². The average Bonchev–Trinajstić information content (AvgIpc) is 3.63. The Morgan fingerprint density at radius 2 is 1.75 bits per heavy atom. The number of carbonyl (C=O) groups is 2. The Bertz CT molecular complexity index is 2050. The molecule has 10 nitrogen and oxygen atoms in total. The minimum absolute atomic E-state index is 0.0153. The molecule has 1 amide bonds. The van der Waals surface area contributed by atoms with Gasteiger partial charge >= 0.3 is 5.97 Å². The number of rotatable bonds is 14. The topological polar surface area (TPSA) is 133 Å². The lowest BCUT2D eigenvalue weighted by molar-refractivity contribution is -0.137. The minimum atomic E-state index is -0.788. The Morgan fingerprint density at radius 3 is 2.47 bits per heavy atom. The van der Waals surface area contributed by atoms with Crippen LogP contribution in [0.15, 0.2) is 79.1 Å². The van der Waals surface area contributed by atoms with Crippen LogP contribution in [-0.2, 0) is 16.2 Å². The zero-order valence-electron chi connectivity index (χ0n) is 28.6. The predicted octanol–water partition coefficient (Wildman–Crippen LogP) is 7.47. The minimum Gasteiger partial charge on any atom is -0.489 e. The number of halogens is 1. The quantitative estimate of drug-likeness (QED) is 0.115. The molecule has 51 heavy (non-hydrogen) atoms. The lowest BCUT2D eigenvalue weighted by Crippen LogP contribution is -2.45. The molecule has 3 aromatic carbocycles. The molecule has 0 radical (unpaired) electrons. The monoisotopic (exact) mass is 688 g/mol. The van der Waals surface area contributed by atoms with E-state index in [1.165, 1.54) is 12.1 Å². The van der Waals surface area contributed by atoms with E-state index >= 15 is 4.39 Å². The summed E-state index contributed by atoms with van der Waals surface area (Å²) < 4.78 is 23.3. The molecule has 1 aliphatic rings. The molecule has 2 aromatic heterocycles. The van der Waals surface area contributed by atoms with Crippen molar-refractivity contribution in [2.24, 2.45) is 0 Å². The Hall–Kier alpha value is -5.76. The lowest BCUT2D eigenvalue weighted by atomic mass is 9.97. The number of carboxylic acid groups (broad SMARTS) is 1. The summed E-state index contributed by atoms with van der Waals surface area (Å²) in [4.78, 5) is 35.5. The van der Waals surface area contributed by atoms with E-state index in [1.54, 1.807) is 12.3 Å². The van der Waals surface area contributed by atoms with E-state index in [9.17, 15) is 14.9 Å². The largest absolute Gasteiger partial charge is 0.489 e. The number of aryl methyl sites for hydroxylation is 1. The molecular weight excluding hydrogens is 647 g/mol. The number of anilines is 1. The van der Waals surface area contributed by atoms with E-state index in [1.807, 2.05) is 72.1 Å². The summed E-state index contributed by atoms with van der Waals surface area (Å²) in [6.45, 7) is 3.68. The number of aromatic nitrogens is 3. The first-order valence-corrected chi connectivity index (χ1v) is 17.4. The van der Waals surface area contributed by atoms with Crippen LogP contribution in [0.5, 0.6) is 5.75 Å². The van der Waals surface area contributed by atoms with Crippen molar-refractivity contribution < 1.29 is 23.8 Å². The molecule has 262 valence electrons. The third-order valence-corrected chi connectivity index (χ3v) is 9.29. The number of aliphatic carboxylic acids is 1. The third-order valence-electron chi connectivity index (χ3n) is 9.29. The van der Waals surface area contributed by atoms with Gasteiger partial charge in [-0.3, -0.25) is 14.0 Å². The number of fused-ring (bicyclic) bond motifs is 1. The molecule has 0 aliphatic carbocycles. The second kappa shape index (κ2) is 16.3. The molecule has 0 bridgehead atoms. The number of benzene rings is 3. The van der Waals surface area contributed by atoms with Gasteiger partial charge in [-0.1, -0.05) is 61.4 Å². The molecule has 0 spiro atoms. The first-order valence-electron chi connectivity index (χ1n) is 17.4. The van der Waals surface area contributed by atoms with Gasteiger partial charge < -0.3 is 20.1 Å². The number of imidazole rings is 1. The van der Waals surface area contributed by atoms with Gasteiger partial charge in [-0.2, -0.15) is 5.26 Å². The van der Waals surface area contributed by atoms with Crippen molar-refractivity contribution in [1.29, 1.82) is 5.26 Å². The first kappa shape index (κ1) is 35.1. The van der Waals surface area contributed by atoms with Crippen molar-refractivity contribution in [3.8, 4) is 34.2 Å². The summed E-state index contributed by atoms with van der Waals surface area (Å²) in [7, 11) is 0. The molecule has 6 rings (SSSR count). The SMILES string of the molecule is Cc1ccc(-c2c(-c3ccc(C#N)c(F)c3)nc(N3CCC(NC(=O)CCCCCCC(=O)O)CC3)n3ccnc23)cc1OCc1ccccc1. The summed E-state index contributed by atoms with van der Waals surface area (Å²) in [5.41, 5.74) is 5.19. The number of unbranched alkanes of at least 4 members (excludes halogenated alkanes) is 3. The van der Waals surface area contributed by atoms with Crippen LogP contribution >= 0.6 is 0 Å². The predicted molar refractivity (Wildman–Crippen MR) is 193 cm³/mol. The van der Waals surface area contributed by atoms with Crippen LogP contribution in [0.1, 0.15) is 68.1 Å². The number of nitriles is 1. The number of amides is 1. The summed E-state index contributed by atoms with van der Waals surface area (Å²) in [5, 5.41) is 21.4. The molecule has 0 unspecified atom stereocenters. The number of ether oxygens (including phenoxy) is 1. The molecule has 0 atom stereocenters. The Kier molecular flexibility index (Phi) is 11.2. The van der Waals surface area contributed by atoms with E-state index in [0.717, 1.165) is 48.8 Å². The number of nitrogens with one attached hydrogen (secondary N) is 1. The van der Waals surface area contributed by atoms with Crippen molar-refractivity contribution in [2.75, 3.05) is 18.0 Å². The number of hydrogen-bond donors (Lipinski definition) is 2. The summed E-state index contributed by atoms with van der Waals surface area (Å²) in [5.74, 6) is -0.0284. The number of hydrogen-bond acceptors (Lipinski definition) is 7. The van der Waals surface area contributed by atoms with E-state index in [0.29, 0.717) is 66.7 Å². The van der Waals surface area contributed by atoms with Crippen LogP contribution in [0, 0.1) is 24.1 Å². The number of carboxylic acids is 1. The molecule has 5 aromatic rings. The van der Waals surface area contributed by atoms with E-state index in [2.05, 4.69) is 10.2 Å². The lowest BCUT2D eigenvalue weighted by Gasteiger charge is -2.34. The standard InChI is InChI=1S/C40H41FN6O4/c1-27-13-14-29(24-34(27)51-26-28-9-5-4-6-10-28)37-38(30-15-16-31(25-42)33(41)23-30)45-40(47-22-19-43-39(37)47)46-20-17-32(18-21-46)44-35(48)11-7-2-3-8-12-36(49)50/h4-6,9-10,13-16,19,22-24,32H,2-3,7-8,11-12,17-18,20-21,26H2,1H3,(H,44,48)(H,49,50). The molecule has 1 aliphatic heterocycles. The van der Waals surface area contributed by atoms with Gasteiger partial charge in [0.15, 0.2) is 0 Å². The molecule has 0 saturated carbocycles. The molecule has 2 N–H and O–H groups in total. The maximum absolute atomic E-state index is 15.1. The fraction of sp³-hybridized carbons (Fsp3) is 0.325. The number of piperidine rings is 1. The summed E-state index contributed by atoms with van der Waals surface area (Å²) >= 11 is 0. The zero-order valence-corrected chi connectivity index (χ0v) is 28.6. The van der Waals surface area contributed by atoms with Crippen LogP contribution in [0.2, 0.25) is 0 Å². The van der Waals surface area contributed by atoms with Crippen molar-refractivity contribution in [2.45, 2.75) is 70.9 Å². The van der Waals surface area contributed by atoms with Crippen molar-refractivity contribution in [1.82, 2.24) is 19.7 Å². The van der Waals surface area contributed by atoms with Gasteiger partial charge in [-0.25, -0.2) is 14.4 Å². The maximum atomic E-state index is 15.1. The number of carbonyl (C=O) groups excluding carboxylic acids is 1. The summed E-state index contributed by atoms with van der Waals surface area (Å²) in [6.07, 6.45) is 8.64. The molecule has 1 fully saturated rings. The zero-order chi connectivity index (χ0) is 35.7. The molecule has 3 heterocycles. The van der Waals surface area contributed by atoms with Crippen LogP contribution in [0.4, 0.5) is 10.3 Å². The number of nitrogens with zero attached hydrogens (tertiary/aromatic N) is 5. The van der Waals surface area contributed by atoms with Gasteiger partial charge in [0.1, 0.15) is 29.9 Å². The van der Waals surface area contributed by atoms with Crippen LogP contribution < -0.4 is 15.0 Å². The van der Waals surface area contributed by atoms with Crippen molar-refractivity contribution in [3.63, 3.8) is 0 Å². The molecular formula is C40H41FN6O4.